The Balaban J connectivity index is 1.90. The van der Waals surface area contributed by atoms with E-state index in [1.807, 2.05) is 18.2 Å². The summed E-state index contributed by atoms with van der Waals surface area (Å²) in [7, 11) is 0. The molecular formula is C16H18N4O2S. The van der Waals surface area contributed by atoms with Crippen molar-refractivity contribution in [1.29, 1.82) is 5.26 Å². The van der Waals surface area contributed by atoms with E-state index in [-0.39, 0.29) is 11.3 Å². The number of ether oxygens (including phenoxy) is 1. The number of benzene rings is 1. The molecule has 7 heteroatoms. The molecule has 0 saturated carbocycles. The fraction of sp³-hybridized carbons (Fsp3) is 0.438. The summed E-state index contributed by atoms with van der Waals surface area (Å²) in [6, 6.07) is 9.44. The Morgan fingerprint density at radius 3 is 2.83 bits per heavy atom. The van der Waals surface area contributed by atoms with E-state index in [1.54, 1.807) is 10.6 Å². The van der Waals surface area contributed by atoms with Gasteiger partial charge in [0.05, 0.1) is 35.9 Å². The topological polar surface area (TPSA) is 71.2 Å². The van der Waals surface area contributed by atoms with Gasteiger partial charge in [-0.15, -0.1) is 0 Å². The molecule has 0 bridgehead atoms. The Morgan fingerprint density at radius 2 is 2.04 bits per heavy atom. The summed E-state index contributed by atoms with van der Waals surface area (Å²) in [5, 5.41) is 10.1. The summed E-state index contributed by atoms with van der Waals surface area (Å²) >= 11 is 1.31. The maximum Gasteiger partial charge on any atom is 0.262 e. The quantitative estimate of drug-likeness (QED) is 0.609. The number of aromatic nitrogens is 2. The van der Waals surface area contributed by atoms with E-state index in [9.17, 15) is 4.79 Å². The van der Waals surface area contributed by atoms with Crippen molar-refractivity contribution in [2.45, 2.75) is 11.7 Å². The van der Waals surface area contributed by atoms with Gasteiger partial charge in [0.1, 0.15) is 0 Å². The molecule has 0 unspecified atom stereocenters. The number of hydrogen-bond acceptors (Lipinski definition) is 6. The molecule has 3 rings (SSSR count). The monoisotopic (exact) mass is 330 g/mol. The largest absolute Gasteiger partial charge is 0.379 e. The van der Waals surface area contributed by atoms with Crippen molar-refractivity contribution in [1.82, 2.24) is 14.5 Å². The lowest BCUT2D eigenvalue weighted by molar-refractivity contribution is 0.0359. The fourth-order valence-electron chi connectivity index (χ4n) is 2.62. The third kappa shape index (κ3) is 3.72. The molecule has 2 aromatic rings. The number of thioether (sulfide) groups is 1. The molecule has 0 radical (unpaired) electrons. The van der Waals surface area contributed by atoms with Crippen LogP contribution in [0.15, 0.2) is 34.2 Å². The van der Waals surface area contributed by atoms with Crippen LogP contribution in [0.4, 0.5) is 0 Å². The molecule has 1 fully saturated rings. The zero-order valence-electron chi connectivity index (χ0n) is 12.8. The van der Waals surface area contributed by atoms with E-state index in [2.05, 4.69) is 16.0 Å². The lowest BCUT2D eigenvalue weighted by Crippen LogP contribution is -2.39. The highest BCUT2D eigenvalue weighted by Crippen LogP contribution is 2.17. The summed E-state index contributed by atoms with van der Waals surface area (Å²) in [6.07, 6.45) is 0. The van der Waals surface area contributed by atoms with Crippen LogP contribution in [0.25, 0.3) is 10.9 Å². The minimum absolute atomic E-state index is 0.0377. The van der Waals surface area contributed by atoms with Crippen molar-refractivity contribution in [2.24, 2.45) is 0 Å². The highest BCUT2D eigenvalue weighted by atomic mass is 32.2. The summed E-state index contributed by atoms with van der Waals surface area (Å²) in [6.45, 7) is 4.60. The van der Waals surface area contributed by atoms with E-state index in [4.69, 9.17) is 10.00 Å². The van der Waals surface area contributed by atoms with Gasteiger partial charge in [-0.25, -0.2) is 4.98 Å². The summed E-state index contributed by atoms with van der Waals surface area (Å²) in [5.74, 6) is 0.280. The highest BCUT2D eigenvalue weighted by Gasteiger charge is 2.14. The smallest absolute Gasteiger partial charge is 0.262 e. The summed E-state index contributed by atoms with van der Waals surface area (Å²) in [5.41, 5.74) is 0.643. The first-order chi connectivity index (χ1) is 11.3. The first-order valence-electron chi connectivity index (χ1n) is 7.59. The number of nitriles is 1. The zero-order valence-corrected chi connectivity index (χ0v) is 13.6. The second-order valence-electron chi connectivity index (χ2n) is 5.27. The minimum atomic E-state index is -0.0377. The maximum atomic E-state index is 12.8. The Hall–Kier alpha value is -1.88. The normalized spacial score (nSPS) is 15.6. The molecule has 120 valence electrons. The molecule has 6 nitrogen and oxygen atoms in total. The van der Waals surface area contributed by atoms with Crippen LogP contribution in [0.3, 0.4) is 0 Å². The Kier molecular flexibility index (Phi) is 5.28. The van der Waals surface area contributed by atoms with Crippen LogP contribution in [0.2, 0.25) is 0 Å². The number of nitrogens with zero attached hydrogens (tertiary/aromatic N) is 4. The molecule has 1 aliphatic rings. The molecule has 23 heavy (non-hydrogen) atoms. The van der Waals surface area contributed by atoms with Crippen molar-refractivity contribution in [3.63, 3.8) is 0 Å². The Bertz CT molecular complexity index is 778. The second-order valence-corrected chi connectivity index (χ2v) is 6.21. The lowest BCUT2D eigenvalue weighted by atomic mass is 10.2. The average molecular weight is 330 g/mol. The Labute approximate surface area is 138 Å². The number of rotatable bonds is 5. The minimum Gasteiger partial charge on any atom is -0.379 e. The number of para-hydroxylation sites is 1. The van der Waals surface area contributed by atoms with Gasteiger partial charge in [0.25, 0.3) is 5.56 Å². The first-order valence-corrected chi connectivity index (χ1v) is 8.57. The van der Waals surface area contributed by atoms with E-state index in [1.165, 1.54) is 11.8 Å². The fourth-order valence-corrected chi connectivity index (χ4v) is 3.30. The predicted octanol–water partition coefficient (Wildman–Crippen LogP) is 1.34. The molecule has 1 aromatic heterocycles. The van der Waals surface area contributed by atoms with Gasteiger partial charge in [-0.3, -0.25) is 14.3 Å². The van der Waals surface area contributed by atoms with Gasteiger partial charge in [-0.1, -0.05) is 23.9 Å². The van der Waals surface area contributed by atoms with Crippen molar-refractivity contribution >= 4 is 22.7 Å². The van der Waals surface area contributed by atoms with Gasteiger partial charge in [0.2, 0.25) is 0 Å². The third-order valence-electron chi connectivity index (χ3n) is 3.84. The van der Waals surface area contributed by atoms with Crippen molar-refractivity contribution < 1.29 is 4.74 Å². The van der Waals surface area contributed by atoms with Crippen LogP contribution in [0.1, 0.15) is 0 Å². The molecule has 0 N–H and O–H groups in total. The van der Waals surface area contributed by atoms with Gasteiger partial charge < -0.3 is 4.74 Å². The second kappa shape index (κ2) is 7.59. The third-order valence-corrected chi connectivity index (χ3v) is 4.68. The molecular weight excluding hydrogens is 312 g/mol. The summed E-state index contributed by atoms with van der Waals surface area (Å²) < 4.78 is 7.04. The zero-order chi connectivity index (χ0) is 16.1. The van der Waals surface area contributed by atoms with Gasteiger partial charge in [0.15, 0.2) is 5.16 Å². The van der Waals surface area contributed by atoms with Gasteiger partial charge in [0, 0.05) is 26.2 Å². The molecule has 2 heterocycles. The van der Waals surface area contributed by atoms with Crippen LogP contribution >= 0.6 is 11.8 Å². The van der Waals surface area contributed by atoms with E-state index >= 15 is 0 Å². The van der Waals surface area contributed by atoms with Crippen molar-refractivity contribution in [3.8, 4) is 6.07 Å². The van der Waals surface area contributed by atoms with Crippen molar-refractivity contribution in [2.75, 3.05) is 38.6 Å². The predicted molar refractivity (Wildman–Crippen MR) is 89.6 cm³/mol. The maximum absolute atomic E-state index is 12.8. The van der Waals surface area contributed by atoms with Crippen LogP contribution < -0.4 is 5.56 Å². The van der Waals surface area contributed by atoms with Crippen molar-refractivity contribution in [3.05, 3.63) is 34.6 Å². The van der Waals surface area contributed by atoms with E-state index in [0.717, 1.165) is 32.8 Å². The van der Waals surface area contributed by atoms with E-state index in [0.29, 0.717) is 22.6 Å². The molecule has 1 aliphatic heterocycles. The number of fused-ring (bicyclic) bond motifs is 1. The molecule has 0 spiro atoms. The molecule has 1 saturated heterocycles. The Morgan fingerprint density at radius 1 is 1.26 bits per heavy atom. The number of hydrogen-bond donors (Lipinski definition) is 0. The van der Waals surface area contributed by atoms with Crippen LogP contribution in [-0.2, 0) is 11.3 Å². The van der Waals surface area contributed by atoms with Gasteiger partial charge >= 0.3 is 0 Å². The van der Waals surface area contributed by atoms with Crippen LogP contribution in [0, 0.1) is 11.3 Å². The van der Waals surface area contributed by atoms with Crippen LogP contribution in [0.5, 0.6) is 0 Å². The van der Waals surface area contributed by atoms with E-state index < -0.39 is 0 Å². The first kappa shape index (κ1) is 16.0. The number of morpholine rings is 1. The molecule has 0 atom stereocenters. The highest BCUT2D eigenvalue weighted by molar-refractivity contribution is 7.99. The lowest BCUT2D eigenvalue weighted by Gasteiger charge is -2.27. The SMILES string of the molecule is N#CCSc1nc2ccccc2c(=O)n1CCN1CCOCC1. The standard InChI is InChI=1S/C16H18N4O2S/c17-5-12-23-16-18-14-4-2-1-3-13(14)15(21)20(16)7-6-19-8-10-22-11-9-19/h1-4H,6-12H2. The van der Waals surface area contributed by atoms with Gasteiger partial charge in [-0.2, -0.15) is 5.26 Å². The van der Waals surface area contributed by atoms with Gasteiger partial charge in [-0.05, 0) is 12.1 Å². The average Bonchev–Trinajstić information content (AvgIpc) is 2.60. The molecule has 0 amide bonds. The van der Waals surface area contributed by atoms with Crippen LogP contribution in [-0.4, -0.2) is 53.1 Å². The molecule has 1 aromatic carbocycles. The molecule has 0 aliphatic carbocycles. The summed E-state index contributed by atoms with van der Waals surface area (Å²) in [4.78, 5) is 19.6.